The molecule has 3 aliphatic heterocycles. The van der Waals surface area contributed by atoms with E-state index in [2.05, 4.69) is 23.1 Å². The smallest absolute Gasteiger partial charge is 0.250 e. The number of hydrogen-bond acceptors (Lipinski definition) is 5. The third kappa shape index (κ3) is 3.60. The average molecular weight is 456 g/mol. The highest BCUT2D eigenvalue weighted by Crippen LogP contribution is 2.42. The SMILES string of the molecule is Cc1ccc(C)c(CN2C(=O)[C@H]3CCCN3c3ccc(S(=O)(=O)N4CCOCC4)cc32)c1. The van der Waals surface area contributed by atoms with Gasteiger partial charge in [0, 0.05) is 19.6 Å². The molecule has 0 radical (unpaired) electrons. The second-order valence-electron chi connectivity index (χ2n) is 8.87. The van der Waals surface area contributed by atoms with Crippen LogP contribution in [0.5, 0.6) is 0 Å². The lowest BCUT2D eigenvalue weighted by molar-refractivity contribution is -0.120. The van der Waals surface area contributed by atoms with E-state index in [1.54, 1.807) is 17.0 Å². The largest absolute Gasteiger partial charge is 0.379 e. The Bertz CT molecular complexity index is 1160. The molecule has 5 rings (SSSR count). The molecular weight excluding hydrogens is 426 g/mol. The lowest BCUT2D eigenvalue weighted by Gasteiger charge is -2.40. The zero-order chi connectivity index (χ0) is 22.5. The van der Waals surface area contributed by atoms with E-state index in [-0.39, 0.29) is 16.8 Å². The number of nitrogens with zero attached hydrogens (tertiary/aromatic N) is 3. The van der Waals surface area contributed by atoms with Crippen molar-refractivity contribution in [1.29, 1.82) is 0 Å². The Morgan fingerprint density at radius 2 is 1.78 bits per heavy atom. The topological polar surface area (TPSA) is 70.2 Å². The second-order valence-corrected chi connectivity index (χ2v) is 10.8. The molecule has 0 spiro atoms. The first-order chi connectivity index (χ1) is 15.4. The maximum absolute atomic E-state index is 13.5. The van der Waals surface area contributed by atoms with Crippen LogP contribution in [-0.2, 0) is 26.1 Å². The van der Waals surface area contributed by atoms with E-state index in [0.717, 1.165) is 41.8 Å². The number of sulfonamides is 1. The Kier molecular flexibility index (Phi) is 5.47. The van der Waals surface area contributed by atoms with Crippen molar-refractivity contribution in [2.45, 2.75) is 44.2 Å². The Labute approximate surface area is 189 Å². The van der Waals surface area contributed by atoms with Crippen molar-refractivity contribution in [3.8, 4) is 0 Å². The number of carbonyl (C=O) groups is 1. The van der Waals surface area contributed by atoms with Crippen LogP contribution >= 0.6 is 0 Å². The molecule has 2 aromatic carbocycles. The van der Waals surface area contributed by atoms with Gasteiger partial charge in [0.25, 0.3) is 0 Å². The van der Waals surface area contributed by atoms with Crippen LogP contribution in [0.25, 0.3) is 0 Å². The maximum atomic E-state index is 13.5. The number of rotatable bonds is 4. The first kappa shape index (κ1) is 21.4. The maximum Gasteiger partial charge on any atom is 0.250 e. The number of morpholine rings is 1. The molecular formula is C24H29N3O4S. The van der Waals surface area contributed by atoms with Crippen LogP contribution in [0.15, 0.2) is 41.3 Å². The van der Waals surface area contributed by atoms with E-state index in [1.165, 1.54) is 4.31 Å². The molecule has 1 amide bonds. The first-order valence-corrected chi connectivity index (χ1v) is 12.7. The van der Waals surface area contributed by atoms with Crippen LogP contribution in [0.2, 0.25) is 0 Å². The number of ether oxygens (including phenoxy) is 1. The fourth-order valence-electron chi connectivity index (χ4n) is 4.97. The van der Waals surface area contributed by atoms with Crippen LogP contribution in [0.1, 0.15) is 29.5 Å². The summed E-state index contributed by atoms with van der Waals surface area (Å²) in [4.78, 5) is 17.7. The van der Waals surface area contributed by atoms with Crippen LogP contribution in [0.3, 0.4) is 0 Å². The summed E-state index contributed by atoms with van der Waals surface area (Å²) >= 11 is 0. The van der Waals surface area contributed by atoms with Crippen LogP contribution in [0, 0.1) is 13.8 Å². The number of benzene rings is 2. The first-order valence-electron chi connectivity index (χ1n) is 11.2. The minimum Gasteiger partial charge on any atom is -0.379 e. The number of amides is 1. The Hall–Kier alpha value is -2.42. The van der Waals surface area contributed by atoms with Gasteiger partial charge in [-0.15, -0.1) is 0 Å². The number of fused-ring (bicyclic) bond motifs is 3. The van der Waals surface area contributed by atoms with Crippen LogP contribution in [0.4, 0.5) is 11.4 Å². The van der Waals surface area contributed by atoms with Crippen molar-refractivity contribution >= 4 is 27.3 Å². The molecule has 0 N–H and O–H groups in total. The predicted octanol–water partition coefficient (Wildman–Crippen LogP) is 2.84. The van der Waals surface area contributed by atoms with Crippen molar-refractivity contribution in [2.24, 2.45) is 0 Å². The van der Waals surface area contributed by atoms with Gasteiger partial charge < -0.3 is 14.5 Å². The highest BCUT2D eigenvalue weighted by molar-refractivity contribution is 7.89. The molecule has 3 aliphatic rings. The van der Waals surface area contributed by atoms with Gasteiger partial charge in [0.15, 0.2) is 0 Å². The zero-order valence-corrected chi connectivity index (χ0v) is 19.4. The highest BCUT2D eigenvalue weighted by Gasteiger charge is 2.41. The molecule has 1 atom stereocenters. The van der Waals surface area contributed by atoms with Crippen LogP contribution < -0.4 is 9.80 Å². The minimum atomic E-state index is -3.65. The lowest BCUT2D eigenvalue weighted by Crippen LogP contribution is -2.50. The molecule has 2 fully saturated rings. The summed E-state index contributed by atoms with van der Waals surface area (Å²) in [5.74, 6) is 0.0526. The van der Waals surface area contributed by atoms with Gasteiger partial charge in [0.2, 0.25) is 15.9 Å². The summed E-state index contributed by atoms with van der Waals surface area (Å²) in [5, 5.41) is 0. The molecule has 0 saturated carbocycles. The highest BCUT2D eigenvalue weighted by atomic mass is 32.2. The molecule has 3 heterocycles. The Balaban J connectivity index is 1.58. The number of aryl methyl sites for hydroxylation is 2. The molecule has 0 unspecified atom stereocenters. The molecule has 2 saturated heterocycles. The minimum absolute atomic E-state index is 0.0526. The van der Waals surface area contributed by atoms with E-state index in [1.807, 2.05) is 19.9 Å². The van der Waals surface area contributed by atoms with Gasteiger partial charge in [-0.05, 0) is 56.0 Å². The van der Waals surface area contributed by atoms with Gasteiger partial charge in [0.1, 0.15) is 6.04 Å². The number of anilines is 2. The van der Waals surface area contributed by atoms with Crippen molar-refractivity contribution in [3.63, 3.8) is 0 Å². The molecule has 0 aromatic heterocycles. The standard InChI is InChI=1S/C24H29N3O4S/c1-17-5-6-18(2)19(14-17)16-27-23-15-20(32(29,30)25-10-12-31-13-11-25)7-8-21(23)26-9-3-4-22(26)24(27)28/h5-8,14-15,22H,3-4,9-13,16H2,1-2H3/t22-/m1/s1. The van der Waals surface area contributed by atoms with Crippen molar-refractivity contribution in [1.82, 2.24) is 4.31 Å². The van der Waals surface area contributed by atoms with Crippen LogP contribution in [-0.4, -0.2) is 57.5 Å². The monoisotopic (exact) mass is 455 g/mol. The summed E-state index contributed by atoms with van der Waals surface area (Å²) < 4.78 is 33.4. The summed E-state index contributed by atoms with van der Waals surface area (Å²) in [6, 6.07) is 11.3. The van der Waals surface area contributed by atoms with Crippen molar-refractivity contribution in [2.75, 3.05) is 42.6 Å². The van der Waals surface area contributed by atoms with Gasteiger partial charge in [-0.1, -0.05) is 23.8 Å². The van der Waals surface area contributed by atoms with E-state index >= 15 is 0 Å². The van der Waals surface area contributed by atoms with Gasteiger partial charge in [-0.3, -0.25) is 4.79 Å². The Morgan fingerprint density at radius 1 is 1.00 bits per heavy atom. The lowest BCUT2D eigenvalue weighted by atomic mass is 10.0. The molecule has 7 nitrogen and oxygen atoms in total. The average Bonchev–Trinajstić information content (AvgIpc) is 3.29. The molecule has 0 aliphatic carbocycles. The number of carbonyl (C=O) groups excluding carboxylic acids is 1. The third-order valence-electron chi connectivity index (χ3n) is 6.79. The van der Waals surface area contributed by atoms with Gasteiger partial charge in [0.05, 0.1) is 36.0 Å². The van der Waals surface area contributed by atoms with E-state index < -0.39 is 10.0 Å². The van der Waals surface area contributed by atoms with Crippen molar-refractivity contribution in [3.05, 3.63) is 53.1 Å². The van der Waals surface area contributed by atoms with E-state index in [9.17, 15) is 13.2 Å². The van der Waals surface area contributed by atoms with Gasteiger partial charge in [-0.25, -0.2) is 8.42 Å². The van der Waals surface area contributed by atoms with Crippen molar-refractivity contribution < 1.29 is 17.9 Å². The molecule has 32 heavy (non-hydrogen) atoms. The fourth-order valence-corrected chi connectivity index (χ4v) is 6.40. The third-order valence-corrected chi connectivity index (χ3v) is 8.69. The zero-order valence-electron chi connectivity index (χ0n) is 18.6. The quantitative estimate of drug-likeness (QED) is 0.709. The molecule has 8 heteroatoms. The van der Waals surface area contributed by atoms with Gasteiger partial charge in [-0.2, -0.15) is 4.31 Å². The van der Waals surface area contributed by atoms with Gasteiger partial charge >= 0.3 is 0 Å². The summed E-state index contributed by atoms with van der Waals surface area (Å²) in [5.41, 5.74) is 4.97. The normalized spacial score (nSPS) is 21.6. The Morgan fingerprint density at radius 3 is 2.56 bits per heavy atom. The summed E-state index contributed by atoms with van der Waals surface area (Å²) in [6.45, 7) is 6.83. The predicted molar refractivity (Wildman–Crippen MR) is 123 cm³/mol. The molecule has 170 valence electrons. The number of hydrogen-bond donors (Lipinski definition) is 0. The van der Waals surface area contributed by atoms with E-state index in [0.29, 0.717) is 38.5 Å². The van der Waals surface area contributed by atoms with E-state index in [4.69, 9.17) is 4.74 Å². The fraction of sp³-hybridized carbons (Fsp3) is 0.458. The summed E-state index contributed by atoms with van der Waals surface area (Å²) in [7, 11) is -3.65. The molecule has 0 bridgehead atoms. The molecule has 2 aromatic rings. The second kappa shape index (κ2) is 8.17. The summed E-state index contributed by atoms with van der Waals surface area (Å²) in [6.07, 6.45) is 1.79.